The average Bonchev–Trinajstić information content (AvgIpc) is 2.88. The molecule has 2 heterocycles. The van der Waals surface area contributed by atoms with Crippen molar-refractivity contribution in [3.05, 3.63) is 74.7 Å². The standard InChI is InChI=1S/C20H15BrCl2N2O2/c1-10(21)18-20(14-6-5-13(23)8-16(14)24-19(20)27)15(9-17(26)25-18)11-3-2-4-12(22)7-11/h2-8,15,18H,1,9H2,(H,24,27)(H,25,26). The molecule has 4 nitrogen and oxygen atoms in total. The number of carbonyl (C=O) groups excluding carboxylic acids is 2. The van der Waals surface area contributed by atoms with E-state index < -0.39 is 17.4 Å². The van der Waals surface area contributed by atoms with Gasteiger partial charge in [0.1, 0.15) is 5.41 Å². The Morgan fingerprint density at radius 2 is 1.89 bits per heavy atom. The molecule has 1 fully saturated rings. The summed E-state index contributed by atoms with van der Waals surface area (Å²) in [5.74, 6) is -0.756. The number of benzene rings is 2. The molecule has 0 aliphatic carbocycles. The minimum Gasteiger partial charge on any atom is -0.347 e. The van der Waals surface area contributed by atoms with Crippen LogP contribution in [0.3, 0.4) is 0 Å². The van der Waals surface area contributed by atoms with Crippen molar-refractivity contribution in [2.24, 2.45) is 0 Å². The Kier molecular flexibility index (Phi) is 4.57. The van der Waals surface area contributed by atoms with Gasteiger partial charge in [0.05, 0.1) is 6.04 Å². The molecule has 0 radical (unpaired) electrons. The molecule has 1 spiro atoms. The van der Waals surface area contributed by atoms with Crippen LogP contribution in [0.5, 0.6) is 0 Å². The van der Waals surface area contributed by atoms with Gasteiger partial charge in [-0.15, -0.1) is 0 Å². The molecule has 0 bridgehead atoms. The first-order valence-corrected chi connectivity index (χ1v) is 9.89. The van der Waals surface area contributed by atoms with Crippen molar-refractivity contribution >= 4 is 56.6 Å². The maximum Gasteiger partial charge on any atom is 0.238 e. The van der Waals surface area contributed by atoms with Crippen molar-refractivity contribution in [3.63, 3.8) is 0 Å². The SMILES string of the molecule is C=C(Br)C1NC(=O)CC(c2cccc(Cl)c2)C12C(=O)Nc1cc(Cl)ccc12. The lowest BCUT2D eigenvalue weighted by Crippen LogP contribution is -2.61. The van der Waals surface area contributed by atoms with Gasteiger partial charge in [-0.2, -0.15) is 0 Å². The summed E-state index contributed by atoms with van der Waals surface area (Å²) in [7, 11) is 0. The van der Waals surface area contributed by atoms with Gasteiger partial charge >= 0.3 is 0 Å². The van der Waals surface area contributed by atoms with Gasteiger partial charge in [-0.3, -0.25) is 9.59 Å². The number of anilines is 1. The van der Waals surface area contributed by atoms with Crippen molar-refractivity contribution in [1.82, 2.24) is 5.32 Å². The second-order valence-corrected chi connectivity index (χ2v) is 8.66. The first-order chi connectivity index (χ1) is 12.8. The highest BCUT2D eigenvalue weighted by Gasteiger charge is 2.61. The van der Waals surface area contributed by atoms with Gasteiger partial charge in [-0.25, -0.2) is 0 Å². The van der Waals surface area contributed by atoms with Crippen LogP contribution >= 0.6 is 39.1 Å². The van der Waals surface area contributed by atoms with E-state index in [0.717, 1.165) is 11.1 Å². The fraction of sp³-hybridized carbons (Fsp3) is 0.200. The summed E-state index contributed by atoms with van der Waals surface area (Å²) in [6.07, 6.45) is 0.159. The van der Waals surface area contributed by atoms with Crippen molar-refractivity contribution in [1.29, 1.82) is 0 Å². The molecular weight excluding hydrogens is 451 g/mol. The third-order valence-corrected chi connectivity index (χ3v) is 6.24. The largest absolute Gasteiger partial charge is 0.347 e. The number of amides is 2. The van der Waals surface area contributed by atoms with E-state index in [2.05, 4.69) is 33.1 Å². The molecule has 2 aliphatic rings. The van der Waals surface area contributed by atoms with E-state index in [4.69, 9.17) is 23.2 Å². The van der Waals surface area contributed by atoms with Crippen LogP contribution in [0.15, 0.2) is 53.5 Å². The number of nitrogens with one attached hydrogen (secondary N) is 2. The lowest BCUT2D eigenvalue weighted by molar-refractivity contribution is -0.130. The predicted octanol–water partition coefficient (Wildman–Crippen LogP) is 4.76. The Morgan fingerprint density at radius 1 is 1.15 bits per heavy atom. The molecule has 3 unspecified atom stereocenters. The van der Waals surface area contributed by atoms with Crippen molar-refractivity contribution < 1.29 is 9.59 Å². The molecule has 1 saturated heterocycles. The summed E-state index contributed by atoms with van der Waals surface area (Å²) in [5.41, 5.74) is 1.20. The molecule has 4 rings (SSSR count). The van der Waals surface area contributed by atoms with Gasteiger partial charge in [0, 0.05) is 32.6 Å². The lowest BCUT2D eigenvalue weighted by Gasteiger charge is -2.46. The normalized spacial score (nSPS) is 26.5. The van der Waals surface area contributed by atoms with Crippen LogP contribution in [0.1, 0.15) is 23.5 Å². The van der Waals surface area contributed by atoms with Gasteiger partial charge in [0.2, 0.25) is 11.8 Å². The molecule has 2 amide bonds. The molecule has 7 heteroatoms. The highest BCUT2D eigenvalue weighted by Crippen LogP contribution is 2.54. The second kappa shape index (κ2) is 6.66. The van der Waals surface area contributed by atoms with Gasteiger partial charge in [-0.1, -0.05) is 63.9 Å². The summed E-state index contributed by atoms with van der Waals surface area (Å²) in [6.45, 7) is 3.97. The minimum absolute atomic E-state index is 0.147. The minimum atomic E-state index is -1.06. The van der Waals surface area contributed by atoms with E-state index in [9.17, 15) is 9.59 Å². The zero-order chi connectivity index (χ0) is 19.3. The summed E-state index contributed by atoms with van der Waals surface area (Å²) in [4.78, 5) is 25.9. The van der Waals surface area contributed by atoms with Crippen LogP contribution < -0.4 is 10.6 Å². The number of piperidine rings is 1. The first-order valence-electron chi connectivity index (χ1n) is 8.34. The molecule has 0 aromatic heterocycles. The molecule has 2 aromatic carbocycles. The molecule has 3 atom stereocenters. The summed E-state index contributed by atoms with van der Waals surface area (Å²) < 4.78 is 0.528. The fourth-order valence-corrected chi connectivity index (χ4v) is 5.12. The Bertz CT molecular complexity index is 994. The van der Waals surface area contributed by atoms with Crippen LogP contribution in [0.2, 0.25) is 10.0 Å². The molecule has 27 heavy (non-hydrogen) atoms. The Balaban J connectivity index is 2.01. The zero-order valence-electron chi connectivity index (χ0n) is 14.1. The van der Waals surface area contributed by atoms with Crippen molar-refractivity contribution in [3.8, 4) is 0 Å². The lowest BCUT2D eigenvalue weighted by atomic mass is 9.60. The van der Waals surface area contributed by atoms with Gasteiger partial charge in [-0.05, 0) is 35.4 Å². The van der Waals surface area contributed by atoms with Gasteiger partial charge < -0.3 is 10.6 Å². The molecule has 138 valence electrons. The number of rotatable bonds is 2. The zero-order valence-corrected chi connectivity index (χ0v) is 17.2. The van der Waals surface area contributed by atoms with E-state index in [-0.39, 0.29) is 18.2 Å². The second-order valence-electron chi connectivity index (χ2n) is 6.77. The molecule has 2 aliphatic heterocycles. The Labute approximate surface area is 175 Å². The maximum absolute atomic E-state index is 13.4. The smallest absolute Gasteiger partial charge is 0.238 e. The summed E-state index contributed by atoms with van der Waals surface area (Å²) >= 11 is 15.8. The summed E-state index contributed by atoms with van der Waals surface area (Å²) in [6, 6.07) is 12.0. The van der Waals surface area contributed by atoms with Crippen LogP contribution in [0.4, 0.5) is 5.69 Å². The van der Waals surface area contributed by atoms with Crippen LogP contribution in [-0.2, 0) is 15.0 Å². The van der Waals surface area contributed by atoms with E-state index in [1.165, 1.54) is 0 Å². The van der Waals surface area contributed by atoms with Crippen LogP contribution in [0.25, 0.3) is 0 Å². The van der Waals surface area contributed by atoms with Gasteiger partial charge in [0.15, 0.2) is 0 Å². The molecule has 2 N–H and O–H groups in total. The average molecular weight is 466 g/mol. The quantitative estimate of drug-likeness (QED) is 0.671. The van der Waals surface area contributed by atoms with E-state index in [1.807, 2.05) is 24.3 Å². The van der Waals surface area contributed by atoms with Crippen molar-refractivity contribution in [2.45, 2.75) is 23.8 Å². The van der Waals surface area contributed by atoms with Crippen LogP contribution in [-0.4, -0.2) is 17.9 Å². The Hall–Kier alpha value is -1.82. The van der Waals surface area contributed by atoms with Gasteiger partial charge in [0.25, 0.3) is 0 Å². The third kappa shape index (κ3) is 2.80. The van der Waals surface area contributed by atoms with Crippen molar-refractivity contribution in [2.75, 3.05) is 5.32 Å². The molecular formula is C20H15BrCl2N2O2. The molecule has 2 aromatic rings. The number of fused-ring (bicyclic) bond motifs is 2. The Morgan fingerprint density at radius 3 is 2.59 bits per heavy atom. The number of hydrogen-bond donors (Lipinski definition) is 2. The fourth-order valence-electron chi connectivity index (χ4n) is 4.27. The predicted molar refractivity (Wildman–Crippen MR) is 111 cm³/mol. The monoisotopic (exact) mass is 464 g/mol. The highest BCUT2D eigenvalue weighted by atomic mass is 79.9. The van der Waals surface area contributed by atoms with E-state index in [0.29, 0.717) is 20.2 Å². The number of hydrogen-bond acceptors (Lipinski definition) is 2. The number of halogens is 3. The topological polar surface area (TPSA) is 58.2 Å². The summed E-state index contributed by atoms with van der Waals surface area (Å²) in [5, 5.41) is 6.96. The van der Waals surface area contributed by atoms with Crippen LogP contribution in [0, 0.1) is 0 Å². The first kappa shape index (κ1) is 18.5. The molecule has 0 saturated carbocycles. The highest BCUT2D eigenvalue weighted by molar-refractivity contribution is 9.11. The third-order valence-electron chi connectivity index (χ3n) is 5.32. The maximum atomic E-state index is 13.4. The van der Waals surface area contributed by atoms with E-state index in [1.54, 1.807) is 18.2 Å². The number of carbonyl (C=O) groups is 2. The van der Waals surface area contributed by atoms with E-state index >= 15 is 0 Å².